The number of sulfone groups is 1. The molecule has 0 spiro atoms. The molecule has 3 N–H and O–H groups in total. The quantitative estimate of drug-likeness (QED) is 0.854. The van der Waals surface area contributed by atoms with Crippen LogP contribution in [0.1, 0.15) is 17.2 Å². The van der Waals surface area contributed by atoms with Crippen LogP contribution in [0.4, 0.5) is 10.5 Å². The Kier molecular flexibility index (Phi) is 3.51. The third-order valence-corrected chi connectivity index (χ3v) is 4.00. The van der Waals surface area contributed by atoms with Gasteiger partial charge in [-0.05, 0) is 17.2 Å². The summed E-state index contributed by atoms with van der Waals surface area (Å²) in [5.74, 6) is -0.0893. The number of amides is 2. The standard InChI is InChI=1S/C12H17N3O3S/c1-15-6-9-5-8(10(13)7-19(2,17)18)3-4-11(9)14-12(15)16/h3-5,10H,6-7,13H2,1-2H3,(H,14,16). The van der Waals surface area contributed by atoms with Gasteiger partial charge >= 0.3 is 6.03 Å². The molecule has 7 heteroatoms. The number of rotatable bonds is 3. The largest absolute Gasteiger partial charge is 0.323 e. The van der Waals surface area contributed by atoms with E-state index >= 15 is 0 Å². The van der Waals surface area contributed by atoms with Gasteiger partial charge in [-0.3, -0.25) is 0 Å². The van der Waals surface area contributed by atoms with Crippen LogP contribution < -0.4 is 11.1 Å². The number of carbonyl (C=O) groups excluding carboxylic acids is 1. The first kappa shape index (κ1) is 13.8. The normalized spacial score (nSPS) is 16.8. The average Bonchev–Trinajstić information content (AvgIpc) is 2.27. The maximum Gasteiger partial charge on any atom is 0.321 e. The van der Waals surface area contributed by atoms with E-state index in [9.17, 15) is 13.2 Å². The van der Waals surface area contributed by atoms with Crippen LogP contribution in [0.3, 0.4) is 0 Å². The predicted octanol–water partition coefficient (Wildman–Crippen LogP) is 0.708. The molecule has 1 atom stereocenters. The van der Waals surface area contributed by atoms with Crippen molar-refractivity contribution >= 4 is 21.6 Å². The van der Waals surface area contributed by atoms with E-state index in [0.29, 0.717) is 6.54 Å². The monoisotopic (exact) mass is 283 g/mol. The van der Waals surface area contributed by atoms with Crippen molar-refractivity contribution in [1.82, 2.24) is 4.90 Å². The molecule has 1 unspecified atom stereocenters. The van der Waals surface area contributed by atoms with E-state index in [1.54, 1.807) is 24.1 Å². The summed E-state index contributed by atoms with van der Waals surface area (Å²) in [7, 11) is -1.42. The van der Waals surface area contributed by atoms with Gasteiger partial charge in [-0.25, -0.2) is 13.2 Å². The van der Waals surface area contributed by atoms with Crippen LogP contribution in [0.25, 0.3) is 0 Å². The summed E-state index contributed by atoms with van der Waals surface area (Å²) in [6.45, 7) is 0.487. The zero-order chi connectivity index (χ0) is 14.2. The van der Waals surface area contributed by atoms with Crippen LogP contribution in [0, 0.1) is 0 Å². The number of hydrogen-bond donors (Lipinski definition) is 2. The van der Waals surface area contributed by atoms with Crippen LogP contribution in [-0.2, 0) is 16.4 Å². The van der Waals surface area contributed by atoms with E-state index in [1.807, 2.05) is 6.07 Å². The van der Waals surface area contributed by atoms with E-state index in [4.69, 9.17) is 5.73 Å². The Labute approximate surface area is 112 Å². The van der Waals surface area contributed by atoms with Crippen LogP contribution in [-0.4, -0.2) is 38.4 Å². The number of nitrogens with zero attached hydrogens (tertiary/aromatic N) is 1. The first-order valence-corrected chi connectivity index (χ1v) is 7.90. The van der Waals surface area contributed by atoms with Crippen LogP contribution >= 0.6 is 0 Å². The van der Waals surface area contributed by atoms with Gasteiger partial charge in [0.2, 0.25) is 0 Å². The first-order chi connectivity index (χ1) is 8.76. The third-order valence-electron chi connectivity index (χ3n) is 3.04. The van der Waals surface area contributed by atoms with Crippen molar-refractivity contribution in [2.75, 3.05) is 24.4 Å². The minimum Gasteiger partial charge on any atom is -0.323 e. The second-order valence-electron chi connectivity index (χ2n) is 4.90. The SMILES string of the molecule is CN1Cc2cc(C(N)CS(C)(=O)=O)ccc2NC1=O. The minimum absolute atomic E-state index is 0.0893. The van der Waals surface area contributed by atoms with Gasteiger partial charge in [0.05, 0.1) is 5.75 Å². The molecule has 19 heavy (non-hydrogen) atoms. The molecule has 0 radical (unpaired) electrons. The summed E-state index contributed by atoms with van der Waals surface area (Å²) in [5.41, 5.74) is 8.34. The number of nitrogens with two attached hydrogens (primary N) is 1. The number of urea groups is 1. The molecule has 1 aromatic carbocycles. The summed E-state index contributed by atoms with van der Waals surface area (Å²) < 4.78 is 22.5. The molecule has 0 saturated carbocycles. The maximum absolute atomic E-state index is 11.5. The van der Waals surface area contributed by atoms with Crippen molar-refractivity contribution in [3.05, 3.63) is 29.3 Å². The summed E-state index contributed by atoms with van der Waals surface area (Å²) in [4.78, 5) is 13.0. The number of benzene rings is 1. The average molecular weight is 283 g/mol. The Bertz CT molecular complexity index is 613. The van der Waals surface area contributed by atoms with Crippen molar-refractivity contribution in [2.24, 2.45) is 5.73 Å². The third kappa shape index (κ3) is 3.24. The second kappa shape index (κ2) is 4.82. The van der Waals surface area contributed by atoms with Gasteiger partial charge in [0.25, 0.3) is 0 Å². The Morgan fingerprint density at radius 3 is 2.79 bits per heavy atom. The second-order valence-corrected chi connectivity index (χ2v) is 7.09. The number of hydrogen-bond acceptors (Lipinski definition) is 4. The Morgan fingerprint density at radius 2 is 2.16 bits per heavy atom. The fourth-order valence-electron chi connectivity index (χ4n) is 2.06. The molecule has 1 heterocycles. The molecule has 0 aliphatic carbocycles. The van der Waals surface area contributed by atoms with E-state index in [1.165, 1.54) is 6.26 Å². The zero-order valence-electron chi connectivity index (χ0n) is 10.9. The molecule has 0 fully saturated rings. The van der Waals surface area contributed by atoms with Gasteiger partial charge in [-0.15, -0.1) is 0 Å². The molecular weight excluding hydrogens is 266 g/mol. The minimum atomic E-state index is -3.12. The topological polar surface area (TPSA) is 92.5 Å². The molecule has 1 aliphatic heterocycles. The Balaban J connectivity index is 2.26. The van der Waals surface area contributed by atoms with E-state index in [0.717, 1.165) is 16.8 Å². The molecule has 104 valence electrons. The van der Waals surface area contributed by atoms with Gasteiger partial charge < -0.3 is 16.0 Å². The molecule has 2 rings (SSSR count). The van der Waals surface area contributed by atoms with E-state index in [2.05, 4.69) is 5.32 Å². The van der Waals surface area contributed by atoms with Gasteiger partial charge in [-0.2, -0.15) is 0 Å². The first-order valence-electron chi connectivity index (χ1n) is 5.84. The van der Waals surface area contributed by atoms with Gasteiger partial charge in [0.15, 0.2) is 0 Å². The molecule has 1 aliphatic rings. The van der Waals surface area contributed by atoms with Crippen molar-refractivity contribution in [3.63, 3.8) is 0 Å². The van der Waals surface area contributed by atoms with Crippen molar-refractivity contribution < 1.29 is 13.2 Å². The maximum atomic E-state index is 11.5. The smallest absolute Gasteiger partial charge is 0.321 e. The summed E-state index contributed by atoms with van der Waals surface area (Å²) >= 11 is 0. The number of carbonyl (C=O) groups is 1. The Morgan fingerprint density at radius 1 is 1.47 bits per heavy atom. The van der Waals surface area contributed by atoms with Gasteiger partial charge in [0, 0.05) is 31.6 Å². The lowest BCUT2D eigenvalue weighted by Gasteiger charge is -2.26. The van der Waals surface area contributed by atoms with Crippen molar-refractivity contribution in [2.45, 2.75) is 12.6 Å². The number of fused-ring (bicyclic) bond motifs is 1. The van der Waals surface area contributed by atoms with Gasteiger partial charge in [-0.1, -0.05) is 12.1 Å². The van der Waals surface area contributed by atoms with E-state index in [-0.39, 0.29) is 11.8 Å². The highest BCUT2D eigenvalue weighted by Gasteiger charge is 2.21. The molecular formula is C12H17N3O3S. The van der Waals surface area contributed by atoms with Gasteiger partial charge in [0.1, 0.15) is 9.84 Å². The summed E-state index contributed by atoms with van der Waals surface area (Å²) in [6.07, 6.45) is 1.17. The summed E-state index contributed by atoms with van der Waals surface area (Å²) in [6, 6.07) is 4.66. The molecule has 6 nitrogen and oxygen atoms in total. The lowest BCUT2D eigenvalue weighted by atomic mass is 10.0. The highest BCUT2D eigenvalue weighted by atomic mass is 32.2. The highest BCUT2D eigenvalue weighted by Crippen LogP contribution is 2.25. The van der Waals surface area contributed by atoms with Crippen molar-refractivity contribution in [1.29, 1.82) is 0 Å². The molecule has 2 amide bonds. The molecule has 0 bridgehead atoms. The fraction of sp³-hybridized carbons (Fsp3) is 0.417. The lowest BCUT2D eigenvalue weighted by Crippen LogP contribution is -2.35. The molecule has 0 aromatic heterocycles. The highest BCUT2D eigenvalue weighted by molar-refractivity contribution is 7.90. The van der Waals surface area contributed by atoms with E-state index < -0.39 is 15.9 Å². The number of anilines is 1. The summed E-state index contributed by atoms with van der Waals surface area (Å²) in [5, 5.41) is 2.75. The predicted molar refractivity (Wildman–Crippen MR) is 73.6 cm³/mol. The van der Waals surface area contributed by atoms with Crippen LogP contribution in [0.2, 0.25) is 0 Å². The van der Waals surface area contributed by atoms with Crippen molar-refractivity contribution in [3.8, 4) is 0 Å². The van der Waals surface area contributed by atoms with Crippen LogP contribution in [0.15, 0.2) is 18.2 Å². The Hall–Kier alpha value is -1.60. The zero-order valence-corrected chi connectivity index (χ0v) is 11.7. The molecule has 1 aromatic rings. The van der Waals surface area contributed by atoms with Crippen LogP contribution in [0.5, 0.6) is 0 Å². The lowest BCUT2D eigenvalue weighted by molar-refractivity contribution is 0.218. The fourth-order valence-corrected chi connectivity index (χ4v) is 2.90. The molecule has 0 saturated heterocycles. The number of nitrogens with one attached hydrogen (secondary N) is 1.